The second kappa shape index (κ2) is 17.6. The summed E-state index contributed by atoms with van der Waals surface area (Å²) in [6.45, 7) is 20.5. The number of para-hydroxylation sites is 2. The first-order valence-corrected chi connectivity index (χ1v) is 23.8. The van der Waals surface area contributed by atoms with Gasteiger partial charge in [-0.2, -0.15) is 0 Å². The van der Waals surface area contributed by atoms with Crippen molar-refractivity contribution in [3.8, 4) is 67.5 Å². The summed E-state index contributed by atoms with van der Waals surface area (Å²) in [4.78, 5) is 10.6. The molecule has 7 aromatic carbocycles. The second-order valence-electron chi connectivity index (χ2n) is 21.4. The first-order chi connectivity index (χ1) is 32.0. The molecule has 2 aromatic heterocycles. The Morgan fingerprint density at radius 1 is 0.559 bits per heavy atom. The van der Waals surface area contributed by atoms with Crippen LogP contribution in [0.15, 0.2) is 170 Å². The molecule has 68 heavy (non-hydrogen) atoms. The Morgan fingerprint density at radius 3 is 1.91 bits per heavy atom. The van der Waals surface area contributed by atoms with Crippen LogP contribution in [-0.2, 0) is 42.7 Å². The number of imidazole rings is 1. The topological polar surface area (TPSA) is 50.9 Å². The summed E-state index contributed by atoms with van der Waals surface area (Å²) in [6, 6.07) is 62.2. The first kappa shape index (κ1) is 46.7. The number of hydrogen-bond acceptors (Lipinski definition) is 3. The van der Waals surface area contributed by atoms with E-state index >= 15 is 0 Å². The molecule has 0 radical (unpaired) electrons. The van der Waals surface area contributed by atoms with E-state index in [1.807, 2.05) is 6.20 Å². The number of hydrogen-bond donors (Lipinski definition) is 1. The van der Waals surface area contributed by atoms with Crippen molar-refractivity contribution in [1.82, 2.24) is 14.5 Å². The van der Waals surface area contributed by atoms with Crippen molar-refractivity contribution >= 4 is 11.0 Å². The van der Waals surface area contributed by atoms with Crippen LogP contribution >= 0.6 is 0 Å². The fourth-order valence-electron chi connectivity index (χ4n) is 10.3. The maximum Gasteiger partial charge on any atom is 0.148 e. The molecule has 1 aliphatic carbocycles. The molecule has 5 heteroatoms. The zero-order valence-electron chi connectivity index (χ0n) is 40.7. The molecule has 0 amide bonds. The Kier molecular flexibility index (Phi) is 12.1. The van der Waals surface area contributed by atoms with Crippen molar-refractivity contribution in [2.24, 2.45) is 0 Å². The number of aromatic nitrogens is 3. The van der Waals surface area contributed by atoms with Crippen molar-refractivity contribution < 1.29 is 26.2 Å². The molecule has 4 nitrogen and oxygen atoms in total. The van der Waals surface area contributed by atoms with Gasteiger partial charge in [-0.3, -0.25) is 9.55 Å². The van der Waals surface area contributed by atoms with Crippen molar-refractivity contribution in [2.45, 2.75) is 96.8 Å². The van der Waals surface area contributed by atoms with Gasteiger partial charge in [-0.15, -0.1) is 29.3 Å². The van der Waals surface area contributed by atoms with Gasteiger partial charge in [0, 0.05) is 49.5 Å². The van der Waals surface area contributed by atoms with Gasteiger partial charge < -0.3 is 5.11 Å². The molecule has 0 bridgehead atoms. The van der Waals surface area contributed by atoms with E-state index in [-0.39, 0.29) is 42.7 Å². The minimum absolute atomic E-state index is 0. The van der Waals surface area contributed by atoms with E-state index in [2.05, 4.69) is 237 Å². The molecule has 0 saturated carbocycles. The SMILES string of the molecule is CC(C)(C)c1cc(-c2cc(-c3ccc(C(C)(C)c4ccccc4)cc3)ccn2)[c-]c(-c2cccc3c2nc(-c2ccc4c(c2O)C(C)(C)CCC4(C)C)n3-c2ccccc2-c2ccccc2)c1.[Pt]. The summed E-state index contributed by atoms with van der Waals surface area (Å²) in [5.74, 6) is 1.01. The minimum Gasteiger partial charge on any atom is -0.507 e. The van der Waals surface area contributed by atoms with Gasteiger partial charge in [0.15, 0.2) is 0 Å². The summed E-state index contributed by atoms with van der Waals surface area (Å²) in [6.07, 6.45) is 3.96. The largest absolute Gasteiger partial charge is 0.507 e. The van der Waals surface area contributed by atoms with E-state index in [0.29, 0.717) is 11.6 Å². The number of fused-ring (bicyclic) bond motifs is 2. The number of benzene rings is 7. The van der Waals surface area contributed by atoms with E-state index < -0.39 is 0 Å². The van der Waals surface area contributed by atoms with Crippen molar-refractivity contribution in [3.63, 3.8) is 0 Å². The Morgan fingerprint density at radius 2 is 1.19 bits per heavy atom. The third-order valence-corrected chi connectivity index (χ3v) is 14.6. The summed E-state index contributed by atoms with van der Waals surface area (Å²) < 4.78 is 2.26. The maximum atomic E-state index is 12.6. The number of pyridine rings is 1. The van der Waals surface area contributed by atoms with Crippen LogP contribution in [0.3, 0.4) is 0 Å². The van der Waals surface area contributed by atoms with Crippen LogP contribution in [0.4, 0.5) is 0 Å². The van der Waals surface area contributed by atoms with Gasteiger partial charge in [0.2, 0.25) is 0 Å². The molecule has 0 spiro atoms. The maximum absolute atomic E-state index is 12.6. The Labute approximate surface area is 417 Å². The number of rotatable bonds is 8. The molecule has 0 saturated heterocycles. The number of phenols is 1. The standard InChI is InChI=1S/C63H60N3O.Pt/c1-60(2,3)48-38-44(37-45(39-48)53-40-43(33-36-64-53)41-27-29-47(30-28-41)63(8,9)46-21-14-11-15-22-46)50-24-18-26-55-57(50)65-59(66(55)54-25-17-16-23-49(54)42-19-12-10-13-20-42)51-31-32-52-56(58(51)67)62(6,7)35-34-61(52,4)5;/h10-33,36,38-40,67H,34-35H2,1-9H3;/q-1;. The first-order valence-electron chi connectivity index (χ1n) is 23.8. The van der Waals surface area contributed by atoms with Crippen molar-refractivity contribution in [3.05, 3.63) is 204 Å². The van der Waals surface area contributed by atoms with Gasteiger partial charge in [0.1, 0.15) is 11.6 Å². The summed E-state index contributed by atoms with van der Waals surface area (Å²) >= 11 is 0. The van der Waals surface area contributed by atoms with Gasteiger partial charge in [-0.05, 0) is 86.7 Å². The van der Waals surface area contributed by atoms with E-state index in [1.165, 1.54) is 22.3 Å². The molecule has 0 aliphatic heterocycles. The van der Waals surface area contributed by atoms with Crippen LogP contribution in [0.25, 0.3) is 72.7 Å². The van der Waals surface area contributed by atoms with Gasteiger partial charge in [0.05, 0.1) is 22.3 Å². The molecule has 1 aliphatic rings. The third-order valence-electron chi connectivity index (χ3n) is 14.6. The Hall–Kier alpha value is -6.35. The molecular weight excluding hydrogens is 1010 g/mol. The van der Waals surface area contributed by atoms with Crippen molar-refractivity contribution in [2.75, 3.05) is 0 Å². The average Bonchev–Trinajstić information content (AvgIpc) is 3.72. The fourth-order valence-corrected chi connectivity index (χ4v) is 10.3. The molecular formula is C63H60N3OPt-. The smallest absolute Gasteiger partial charge is 0.148 e. The van der Waals surface area contributed by atoms with Crippen LogP contribution in [0.2, 0.25) is 0 Å². The molecule has 0 atom stereocenters. The van der Waals surface area contributed by atoms with Crippen LogP contribution in [0, 0.1) is 6.07 Å². The van der Waals surface area contributed by atoms with Gasteiger partial charge in [0.25, 0.3) is 0 Å². The zero-order chi connectivity index (χ0) is 46.9. The number of phenolic OH excluding ortho intramolecular Hbond substituents is 1. The van der Waals surface area contributed by atoms with E-state index in [0.717, 1.165) is 85.3 Å². The summed E-state index contributed by atoms with van der Waals surface area (Å²) in [5.41, 5.74) is 17.0. The van der Waals surface area contributed by atoms with Crippen LogP contribution in [0.1, 0.15) is 103 Å². The summed E-state index contributed by atoms with van der Waals surface area (Å²) in [7, 11) is 0. The molecule has 2 heterocycles. The van der Waals surface area contributed by atoms with Gasteiger partial charge in [-0.25, -0.2) is 4.98 Å². The van der Waals surface area contributed by atoms with Gasteiger partial charge >= 0.3 is 0 Å². The monoisotopic (exact) mass is 1070 g/mol. The molecule has 344 valence electrons. The van der Waals surface area contributed by atoms with Gasteiger partial charge in [-0.1, -0.05) is 201 Å². The predicted molar refractivity (Wildman–Crippen MR) is 279 cm³/mol. The minimum atomic E-state index is -0.207. The Bertz CT molecular complexity index is 3300. The molecule has 0 fully saturated rings. The number of nitrogens with zero attached hydrogens (tertiary/aromatic N) is 3. The van der Waals surface area contributed by atoms with Crippen LogP contribution in [-0.4, -0.2) is 19.6 Å². The van der Waals surface area contributed by atoms with Crippen molar-refractivity contribution in [1.29, 1.82) is 0 Å². The number of aromatic hydroxyl groups is 1. The Balaban J connectivity index is 0.00000578. The molecule has 9 aromatic rings. The molecule has 0 unspecified atom stereocenters. The molecule has 1 N–H and O–H groups in total. The third kappa shape index (κ3) is 8.36. The fraction of sp³-hybridized carbons (Fsp3) is 0.238. The predicted octanol–water partition coefficient (Wildman–Crippen LogP) is 16.2. The zero-order valence-corrected chi connectivity index (χ0v) is 43.0. The quantitative estimate of drug-likeness (QED) is 0.154. The average molecular weight is 1070 g/mol. The van der Waals surface area contributed by atoms with E-state index in [1.54, 1.807) is 0 Å². The molecule has 10 rings (SSSR count). The van der Waals surface area contributed by atoms with E-state index in [9.17, 15) is 5.11 Å². The normalized spacial score (nSPS) is 14.3. The van der Waals surface area contributed by atoms with E-state index in [4.69, 9.17) is 9.97 Å². The summed E-state index contributed by atoms with van der Waals surface area (Å²) in [5, 5.41) is 12.6. The van der Waals surface area contributed by atoms with Crippen LogP contribution < -0.4 is 0 Å². The second-order valence-corrected chi connectivity index (χ2v) is 21.4. The van der Waals surface area contributed by atoms with Crippen LogP contribution in [0.5, 0.6) is 5.75 Å².